The molecule has 0 spiro atoms. The lowest BCUT2D eigenvalue weighted by Gasteiger charge is -2.12. The van der Waals surface area contributed by atoms with Gasteiger partial charge in [-0.25, -0.2) is 18.7 Å². The highest BCUT2D eigenvalue weighted by Gasteiger charge is 2.30. The van der Waals surface area contributed by atoms with E-state index in [-0.39, 0.29) is 17.2 Å². The van der Waals surface area contributed by atoms with Crippen LogP contribution in [0.25, 0.3) is 16.9 Å². The topological polar surface area (TPSA) is 61.8 Å². The molecule has 1 saturated carbocycles. The molecule has 2 aromatic heterocycles. The van der Waals surface area contributed by atoms with Gasteiger partial charge in [0.25, 0.3) is 5.56 Å². The van der Waals surface area contributed by atoms with Gasteiger partial charge in [-0.15, -0.1) is 0 Å². The van der Waals surface area contributed by atoms with E-state index in [4.69, 9.17) is 0 Å². The summed E-state index contributed by atoms with van der Waals surface area (Å²) in [4.78, 5) is 30.8. The third-order valence-electron chi connectivity index (χ3n) is 5.32. The number of hydrogen-bond acceptors (Lipinski definition) is 3. The molecular formula is C22H19FN4O2. The van der Waals surface area contributed by atoms with Crippen molar-refractivity contribution >= 4 is 11.2 Å². The van der Waals surface area contributed by atoms with E-state index in [1.54, 1.807) is 10.9 Å². The molecular weight excluding hydrogens is 371 g/mol. The normalized spacial score (nSPS) is 13.9. The first-order chi connectivity index (χ1) is 14.0. The molecule has 0 aliphatic heterocycles. The van der Waals surface area contributed by atoms with E-state index in [0.29, 0.717) is 17.7 Å². The van der Waals surface area contributed by atoms with Crippen molar-refractivity contribution in [1.29, 1.82) is 0 Å². The second-order valence-corrected chi connectivity index (χ2v) is 7.53. The van der Waals surface area contributed by atoms with Gasteiger partial charge in [0.05, 0.1) is 12.0 Å². The van der Waals surface area contributed by atoms with E-state index in [1.165, 1.54) is 33.4 Å². The van der Waals surface area contributed by atoms with Gasteiger partial charge in [0.2, 0.25) is 0 Å². The Morgan fingerprint density at radius 1 is 1.03 bits per heavy atom. The monoisotopic (exact) mass is 390 g/mol. The maximum atomic E-state index is 13.4. The molecule has 0 saturated heterocycles. The van der Waals surface area contributed by atoms with Crippen LogP contribution >= 0.6 is 0 Å². The van der Waals surface area contributed by atoms with Gasteiger partial charge in [-0.3, -0.25) is 9.36 Å². The number of imidazole rings is 1. The van der Waals surface area contributed by atoms with E-state index in [9.17, 15) is 14.0 Å². The van der Waals surface area contributed by atoms with E-state index in [2.05, 4.69) is 4.98 Å². The minimum Gasteiger partial charge on any atom is -0.320 e. The fraction of sp³-hybridized carbons (Fsp3) is 0.227. The Hall–Kier alpha value is -3.48. The summed E-state index contributed by atoms with van der Waals surface area (Å²) < 4.78 is 17.9. The second kappa shape index (κ2) is 6.55. The number of halogens is 1. The first kappa shape index (κ1) is 17.6. The maximum Gasteiger partial charge on any atom is 0.337 e. The van der Waals surface area contributed by atoms with Crippen LogP contribution in [0, 0.1) is 12.7 Å². The number of rotatable bonds is 4. The molecule has 1 aliphatic rings. The number of aryl methyl sites for hydroxylation is 1. The zero-order valence-electron chi connectivity index (χ0n) is 15.9. The molecule has 146 valence electrons. The zero-order valence-corrected chi connectivity index (χ0v) is 15.9. The van der Waals surface area contributed by atoms with Crippen molar-refractivity contribution in [2.75, 3.05) is 0 Å². The van der Waals surface area contributed by atoms with Crippen LogP contribution in [0.4, 0.5) is 4.39 Å². The molecule has 0 amide bonds. The predicted octanol–water partition coefficient (Wildman–Crippen LogP) is 3.18. The average molecular weight is 390 g/mol. The molecule has 0 radical (unpaired) electrons. The molecule has 6 nitrogen and oxygen atoms in total. The molecule has 0 N–H and O–H groups in total. The largest absolute Gasteiger partial charge is 0.337 e. The average Bonchev–Trinajstić information content (AvgIpc) is 3.45. The van der Waals surface area contributed by atoms with E-state index < -0.39 is 11.5 Å². The summed E-state index contributed by atoms with van der Waals surface area (Å²) in [6, 6.07) is 13.6. The lowest BCUT2D eigenvalue weighted by molar-refractivity contribution is 0.624. The summed E-state index contributed by atoms with van der Waals surface area (Å²) in [7, 11) is 0. The van der Waals surface area contributed by atoms with Gasteiger partial charge < -0.3 is 4.57 Å². The summed E-state index contributed by atoms with van der Waals surface area (Å²) in [5, 5.41) is 0. The van der Waals surface area contributed by atoms with Crippen molar-refractivity contribution in [2.24, 2.45) is 0 Å². The number of fused-ring (bicyclic) bond motifs is 1. The number of aromatic nitrogens is 4. The van der Waals surface area contributed by atoms with Crippen LogP contribution in [0.1, 0.15) is 30.0 Å². The highest BCUT2D eigenvalue weighted by molar-refractivity contribution is 5.72. The Bertz CT molecular complexity index is 1330. The van der Waals surface area contributed by atoms with Gasteiger partial charge in [0, 0.05) is 12.6 Å². The molecule has 2 aromatic carbocycles. The molecule has 4 aromatic rings. The van der Waals surface area contributed by atoms with Crippen LogP contribution in [-0.4, -0.2) is 18.7 Å². The fourth-order valence-electron chi connectivity index (χ4n) is 3.64. The van der Waals surface area contributed by atoms with Crippen LogP contribution in [0.2, 0.25) is 0 Å². The van der Waals surface area contributed by atoms with Gasteiger partial charge in [0.1, 0.15) is 5.82 Å². The molecule has 0 atom stereocenters. The van der Waals surface area contributed by atoms with E-state index >= 15 is 0 Å². The van der Waals surface area contributed by atoms with Crippen molar-refractivity contribution in [2.45, 2.75) is 32.4 Å². The van der Waals surface area contributed by atoms with Crippen molar-refractivity contribution in [3.8, 4) is 5.69 Å². The maximum absolute atomic E-state index is 13.4. The zero-order chi connectivity index (χ0) is 20.1. The van der Waals surface area contributed by atoms with Gasteiger partial charge in [-0.05, 0) is 49.6 Å². The van der Waals surface area contributed by atoms with E-state index in [0.717, 1.165) is 24.0 Å². The number of hydrogen-bond donors (Lipinski definition) is 0. The van der Waals surface area contributed by atoms with Crippen LogP contribution in [0.15, 0.2) is 64.4 Å². The molecule has 5 rings (SSSR count). The van der Waals surface area contributed by atoms with Crippen molar-refractivity contribution < 1.29 is 4.39 Å². The Balaban J connectivity index is 1.76. The third-order valence-corrected chi connectivity index (χ3v) is 5.32. The van der Waals surface area contributed by atoms with Gasteiger partial charge in [0.15, 0.2) is 11.2 Å². The summed E-state index contributed by atoms with van der Waals surface area (Å²) >= 11 is 0. The minimum absolute atomic E-state index is 0.0891. The highest BCUT2D eigenvalue weighted by Crippen LogP contribution is 2.32. The summed E-state index contributed by atoms with van der Waals surface area (Å²) in [6.07, 6.45) is 3.19. The van der Waals surface area contributed by atoms with Crippen LogP contribution in [-0.2, 0) is 6.54 Å². The Kier molecular flexibility index (Phi) is 3.97. The van der Waals surface area contributed by atoms with Gasteiger partial charge >= 0.3 is 5.69 Å². The second-order valence-electron chi connectivity index (χ2n) is 7.53. The number of nitrogens with zero attached hydrogens (tertiary/aromatic N) is 4. The molecule has 29 heavy (non-hydrogen) atoms. The van der Waals surface area contributed by atoms with Crippen molar-refractivity contribution in [3.63, 3.8) is 0 Å². The Labute approximate surface area is 165 Å². The summed E-state index contributed by atoms with van der Waals surface area (Å²) in [5.41, 5.74) is 2.58. The van der Waals surface area contributed by atoms with Crippen molar-refractivity contribution in [3.05, 3.63) is 92.6 Å². The third kappa shape index (κ3) is 2.99. The van der Waals surface area contributed by atoms with Crippen molar-refractivity contribution in [1.82, 2.24) is 18.7 Å². The molecule has 0 unspecified atom stereocenters. The standard InChI is InChI=1S/C22H19FN4O2/c1-14-2-4-15(5-3-14)12-25-13-24-20-19(25)21(28)27(18-10-11-18)22(29)26(20)17-8-6-16(23)7-9-17/h2-9,13,18H,10-12H2,1H3. The first-order valence-corrected chi connectivity index (χ1v) is 9.57. The van der Waals surface area contributed by atoms with Crippen LogP contribution in [0.5, 0.6) is 0 Å². The number of benzene rings is 2. The fourth-order valence-corrected chi connectivity index (χ4v) is 3.64. The molecule has 1 fully saturated rings. The molecule has 2 heterocycles. The van der Waals surface area contributed by atoms with Crippen LogP contribution in [0.3, 0.4) is 0 Å². The minimum atomic E-state index is -0.433. The predicted molar refractivity (Wildman–Crippen MR) is 108 cm³/mol. The Morgan fingerprint density at radius 3 is 2.38 bits per heavy atom. The summed E-state index contributed by atoms with van der Waals surface area (Å²) in [5.74, 6) is -0.390. The molecule has 7 heteroatoms. The van der Waals surface area contributed by atoms with Gasteiger partial charge in [-0.2, -0.15) is 0 Å². The van der Waals surface area contributed by atoms with E-state index in [1.807, 2.05) is 31.2 Å². The molecule has 1 aliphatic carbocycles. The van der Waals surface area contributed by atoms with Crippen LogP contribution < -0.4 is 11.2 Å². The molecule has 0 bridgehead atoms. The lowest BCUT2D eigenvalue weighted by atomic mass is 10.1. The quantitative estimate of drug-likeness (QED) is 0.538. The Morgan fingerprint density at radius 2 is 1.72 bits per heavy atom. The lowest BCUT2D eigenvalue weighted by Crippen LogP contribution is -2.39. The first-order valence-electron chi connectivity index (χ1n) is 9.57. The smallest absolute Gasteiger partial charge is 0.320 e. The van der Waals surface area contributed by atoms with Gasteiger partial charge in [-0.1, -0.05) is 29.8 Å². The highest BCUT2D eigenvalue weighted by atomic mass is 19.1. The summed E-state index contributed by atoms with van der Waals surface area (Å²) in [6.45, 7) is 2.49. The SMILES string of the molecule is Cc1ccc(Cn2cnc3c2c(=O)n(C2CC2)c(=O)n3-c2ccc(F)cc2)cc1.